The van der Waals surface area contributed by atoms with E-state index in [1.54, 1.807) is 12.1 Å². The van der Waals surface area contributed by atoms with E-state index in [9.17, 15) is 17.6 Å². The van der Waals surface area contributed by atoms with Crippen LogP contribution in [-0.2, 0) is 0 Å². The number of benzene rings is 3. The monoisotopic (exact) mass is 264 g/mol. The lowest BCUT2D eigenvalue weighted by atomic mass is 9.99. The number of hydrogen-bond donors (Lipinski definition) is 0. The molecule has 0 aliphatic rings. The van der Waals surface area contributed by atoms with Crippen molar-refractivity contribution in [1.29, 1.82) is 0 Å². The molecular formula is C15H8F4. The first-order valence-corrected chi connectivity index (χ1v) is 5.65. The third-order valence-electron chi connectivity index (χ3n) is 3.24. The van der Waals surface area contributed by atoms with E-state index in [-0.39, 0.29) is 16.3 Å². The summed E-state index contributed by atoms with van der Waals surface area (Å²) in [4.78, 5) is 0. The van der Waals surface area contributed by atoms with Crippen molar-refractivity contribution < 1.29 is 17.6 Å². The molecule has 0 saturated carbocycles. The molecule has 96 valence electrons. The fraction of sp³-hybridized carbons (Fsp3) is 0.0667. The molecule has 0 heterocycles. The van der Waals surface area contributed by atoms with Crippen molar-refractivity contribution in [2.45, 2.75) is 6.92 Å². The third kappa shape index (κ3) is 1.59. The maximum Gasteiger partial charge on any atom is 0.167 e. The molecule has 3 rings (SSSR count). The van der Waals surface area contributed by atoms with Crippen molar-refractivity contribution in [2.75, 3.05) is 0 Å². The van der Waals surface area contributed by atoms with Gasteiger partial charge in [-0.15, -0.1) is 0 Å². The summed E-state index contributed by atoms with van der Waals surface area (Å²) in [5, 5.41) is 0.216. The summed E-state index contributed by atoms with van der Waals surface area (Å²) in [5.41, 5.74) is 0.126. The Morgan fingerprint density at radius 3 is 2.00 bits per heavy atom. The molecule has 0 unspecified atom stereocenters. The SMILES string of the molecule is Cc1cc2ccc3ccc(F)c(F)c3c2c(F)c1F. The van der Waals surface area contributed by atoms with Crippen LogP contribution in [0.3, 0.4) is 0 Å². The highest BCUT2D eigenvalue weighted by atomic mass is 19.2. The standard InChI is InChI=1S/C15H8F4/c1-7-6-9-3-2-8-4-5-10(16)14(18)11(8)12(9)15(19)13(7)17/h2-6H,1H3. The second-order valence-corrected chi connectivity index (χ2v) is 4.44. The molecule has 4 heteroatoms. The van der Waals surface area contributed by atoms with Crippen LogP contribution < -0.4 is 0 Å². The molecular weight excluding hydrogens is 256 g/mol. The van der Waals surface area contributed by atoms with E-state index in [1.807, 2.05) is 0 Å². The minimum absolute atomic E-state index is 0.126. The summed E-state index contributed by atoms with van der Waals surface area (Å²) in [6.07, 6.45) is 0. The van der Waals surface area contributed by atoms with Gasteiger partial charge in [-0.2, -0.15) is 0 Å². The molecule has 3 aromatic rings. The molecule has 0 radical (unpaired) electrons. The van der Waals surface area contributed by atoms with Crippen LogP contribution >= 0.6 is 0 Å². The van der Waals surface area contributed by atoms with Crippen LogP contribution in [0.25, 0.3) is 21.5 Å². The van der Waals surface area contributed by atoms with Gasteiger partial charge >= 0.3 is 0 Å². The number of rotatable bonds is 0. The molecule has 0 aliphatic heterocycles. The zero-order chi connectivity index (χ0) is 13.7. The topological polar surface area (TPSA) is 0 Å². The van der Waals surface area contributed by atoms with Crippen molar-refractivity contribution >= 4 is 21.5 Å². The highest BCUT2D eigenvalue weighted by molar-refractivity contribution is 6.08. The lowest BCUT2D eigenvalue weighted by Crippen LogP contribution is -1.95. The van der Waals surface area contributed by atoms with Crippen LogP contribution in [0.5, 0.6) is 0 Å². The number of hydrogen-bond acceptors (Lipinski definition) is 0. The van der Waals surface area contributed by atoms with Crippen LogP contribution in [-0.4, -0.2) is 0 Å². The maximum atomic E-state index is 14.0. The van der Waals surface area contributed by atoms with Gasteiger partial charge in [-0.25, -0.2) is 17.6 Å². The Bertz CT molecular complexity index is 822. The largest absolute Gasteiger partial charge is 0.204 e. The number of aryl methyl sites for hydroxylation is 1. The predicted molar refractivity (Wildman–Crippen MR) is 66.0 cm³/mol. The van der Waals surface area contributed by atoms with Gasteiger partial charge in [-0.1, -0.05) is 18.2 Å². The number of halogens is 4. The molecule has 0 saturated heterocycles. The van der Waals surface area contributed by atoms with Crippen molar-refractivity contribution in [2.24, 2.45) is 0 Å². The van der Waals surface area contributed by atoms with Crippen molar-refractivity contribution in [1.82, 2.24) is 0 Å². The maximum absolute atomic E-state index is 14.0. The van der Waals surface area contributed by atoms with Crippen LogP contribution in [0.4, 0.5) is 17.6 Å². The Balaban J connectivity index is 2.66. The van der Waals surface area contributed by atoms with Gasteiger partial charge in [-0.05, 0) is 35.4 Å². The van der Waals surface area contributed by atoms with E-state index in [2.05, 4.69) is 0 Å². The van der Waals surface area contributed by atoms with Gasteiger partial charge in [0.25, 0.3) is 0 Å². The Kier molecular flexibility index (Phi) is 2.49. The molecule has 0 N–H and O–H groups in total. The zero-order valence-electron chi connectivity index (χ0n) is 9.90. The van der Waals surface area contributed by atoms with Gasteiger partial charge in [0.2, 0.25) is 0 Å². The lowest BCUT2D eigenvalue weighted by Gasteiger charge is -2.09. The molecule has 0 aliphatic carbocycles. The van der Waals surface area contributed by atoms with Gasteiger partial charge < -0.3 is 0 Å². The highest BCUT2D eigenvalue weighted by Crippen LogP contribution is 2.32. The molecule has 0 atom stereocenters. The molecule has 0 bridgehead atoms. The Labute approximate surface area is 106 Å². The van der Waals surface area contributed by atoms with E-state index in [1.165, 1.54) is 19.1 Å². The molecule has 0 fully saturated rings. The van der Waals surface area contributed by atoms with Crippen molar-refractivity contribution in [3.8, 4) is 0 Å². The summed E-state index contributed by atoms with van der Waals surface area (Å²) >= 11 is 0. The van der Waals surface area contributed by atoms with E-state index in [0.29, 0.717) is 10.8 Å². The summed E-state index contributed by atoms with van der Waals surface area (Å²) in [6.45, 7) is 1.42. The average Bonchev–Trinajstić information content (AvgIpc) is 2.40. The van der Waals surface area contributed by atoms with E-state index in [0.717, 1.165) is 6.07 Å². The summed E-state index contributed by atoms with van der Waals surface area (Å²) < 4.78 is 54.8. The Morgan fingerprint density at radius 2 is 1.26 bits per heavy atom. The average molecular weight is 264 g/mol. The lowest BCUT2D eigenvalue weighted by molar-refractivity contribution is 0.508. The Morgan fingerprint density at radius 1 is 0.684 bits per heavy atom. The first kappa shape index (κ1) is 12.0. The Hall–Kier alpha value is -2.10. The molecule has 0 aromatic heterocycles. The summed E-state index contributed by atoms with van der Waals surface area (Å²) in [5.74, 6) is -4.43. The fourth-order valence-electron chi connectivity index (χ4n) is 2.30. The normalized spacial score (nSPS) is 11.4. The molecule has 3 aromatic carbocycles. The van der Waals surface area contributed by atoms with Gasteiger partial charge in [0.15, 0.2) is 23.3 Å². The minimum Gasteiger partial charge on any atom is -0.204 e. The van der Waals surface area contributed by atoms with Crippen LogP contribution in [0.15, 0.2) is 30.3 Å². The van der Waals surface area contributed by atoms with Crippen LogP contribution in [0, 0.1) is 30.2 Å². The highest BCUT2D eigenvalue weighted by Gasteiger charge is 2.17. The third-order valence-corrected chi connectivity index (χ3v) is 3.24. The first-order valence-electron chi connectivity index (χ1n) is 5.65. The molecule has 0 amide bonds. The van der Waals surface area contributed by atoms with Crippen molar-refractivity contribution in [3.63, 3.8) is 0 Å². The quantitative estimate of drug-likeness (QED) is 0.402. The van der Waals surface area contributed by atoms with Gasteiger partial charge in [-0.3, -0.25) is 0 Å². The van der Waals surface area contributed by atoms with Crippen LogP contribution in [0.2, 0.25) is 0 Å². The first-order chi connectivity index (χ1) is 9.00. The van der Waals surface area contributed by atoms with Crippen molar-refractivity contribution in [3.05, 3.63) is 59.2 Å². The minimum atomic E-state index is -1.16. The van der Waals surface area contributed by atoms with Crippen LogP contribution in [0.1, 0.15) is 5.56 Å². The van der Waals surface area contributed by atoms with E-state index >= 15 is 0 Å². The van der Waals surface area contributed by atoms with E-state index in [4.69, 9.17) is 0 Å². The second kappa shape index (κ2) is 3.95. The summed E-state index contributed by atoms with van der Waals surface area (Å²) in [7, 11) is 0. The number of fused-ring (bicyclic) bond motifs is 3. The summed E-state index contributed by atoms with van der Waals surface area (Å²) in [6, 6.07) is 6.83. The zero-order valence-corrected chi connectivity index (χ0v) is 9.90. The second-order valence-electron chi connectivity index (χ2n) is 4.44. The van der Waals surface area contributed by atoms with Gasteiger partial charge in [0.05, 0.1) is 0 Å². The predicted octanol–water partition coefficient (Wildman–Crippen LogP) is 4.86. The van der Waals surface area contributed by atoms with E-state index < -0.39 is 23.3 Å². The van der Waals surface area contributed by atoms with Gasteiger partial charge in [0, 0.05) is 10.8 Å². The molecule has 0 spiro atoms. The molecule has 19 heavy (non-hydrogen) atoms. The fourth-order valence-corrected chi connectivity index (χ4v) is 2.30. The van der Waals surface area contributed by atoms with Gasteiger partial charge in [0.1, 0.15) is 0 Å². The molecule has 0 nitrogen and oxygen atoms in total. The smallest absolute Gasteiger partial charge is 0.167 e.